The predicted octanol–water partition coefficient (Wildman–Crippen LogP) is 6.47. The highest BCUT2D eigenvalue weighted by Gasteiger charge is 2.38. The van der Waals surface area contributed by atoms with Crippen LogP contribution in [0.3, 0.4) is 0 Å². The Morgan fingerprint density at radius 2 is 1.92 bits per heavy atom. The molecule has 178 valence electrons. The molecule has 6 rings (SSSR count). The summed E-state index contributed by atoms with van der Waals surface area (Å²) in [6, 6.07) is 20.0. The maximum absolute atomic E-state index is 12.9. The molecule has 0 saturated heterocycles. The van der Waals surface area contributed by atoms with E-state index >= 15 is 0 Å². The number of hydrogen-bond donors (Lipinski definition) is 1. The van der Waals surface area contributed by atoms with Crippen LogP contribution in [0.25, 0.3) is 5.57 Å². The summed E-state index contributed by atoms with van der Waals surface area (Å²) in [5.41, 5.74) is 14.4. The molecule has 2 N–H and O–H groups in total. The van der Waals surface area contributed by atoms with Crippen LogP contribution in [0.15, 0.2) is 95.7 Å². The average Bonchev–Trinajstić information content (AvgIpc) is 3.26. The second kappa shape index (κ2) is 8.44. The van der Waals surface area contributed by atoms with E-state index in [1.807, 2.05) is 42.5 Å². The molecule has 2 aliphatic heterocycles. The van der Waals surface area contributed by atoms with Gasteiger partial charge in [-0.3, -0.25) is 9.79 Å². The van der Waals surface area contributed by atoms with Gasteiger partial charge in [0.1, 0.15) is 12.4 Å². The number of nitrogens with zero attached hydrogens (tertiary/aromatic N) is 1. The molecule has 3 aromatic carbocycles. The van der Waals surface area contributed by atoms with Gasteiger partial charge in [0.15, 0.2) is 5.78 Å². The van der Waals surface area contributed by atoms with Crippen LogP contribution in [0, 0.1) is 0 Å². The summed E-state index contributed by atoms with van der Waals surface area (Å²) in [7, 11) is 0. The zero-order chi connectivity index (χ0) is 25.0. The highest BCUT2D eigenvalue weighted by Crippen LogP contribution is 2.44. The Morgan fingerprint density at radius 1 is 1.11 bits per heavy atom. The maximum atomic E-state index is 12.9. The molecule has 5 heteroatoms. The summed E-state index contributed by atoms with van der Waals surface area (Å²) >= 11 is 6.59. The van der Waals surface area contributed by atoms with Crippen LogP contribution >= 0.6 is 11.6 Å². The van der Waals surface area contributed by atoms with E-state index in [9.17, 15) is 4.79 Å². The molecule has 0 radical (unpaired) electrons. The Hall–Kier alpha value is -3.73. The third-order valence-corrected chi connectivity index (χ3v) is 7.76. The molecule has 1 unspecified atom stereocenters. The molecule has 6 bridgehead atoms. The Kier molecular flexibility index (Phi) is 5.32. The minimum Gasteiger partial charge on any atom is -0.489 e. The SMILES string of the molecule is C=C1C=NC=C1[C@@]1(N)c2ccc(Cl)c(c2)COc2cccc(c2)C2=CC(=O)CC(C)c3ccc1cc32. The lowest BCUT2D eigenvalue weighted by atomic mass is 9.74. The third-order valence-electron chi connectivity index (χ3n) is 7.39. The van der Waals surface area contributed by atoms with Gasteiger partial charge >= 0.3 is 0 Å². The van der Waals surface area contributed by atoms with E-state index in [1.54, 1.807) is 18.5 Å². The number of ketones is 1. The number of allylic oxidation sites excluding steroid dienone is 1. The largest absolute Gasteiger partial charge is 0.489 e. The molecule has 0 saturated carbocycles. The smallest absolute Gasteiger partial charge is 0.156 e. The van der Waals surface area contributed by atoms with Crippen molar-refractivity contribution < 1.29 is 9.53 Å². The van der Waals surface area contributed by atoms with E-state index < -0.39 is 5.54 Å². The number of halogens is 1. The van der Waals surface area contributed by atoms with E-state index in [4.69, 9.17) is 22.1 Å². The van der Waals surface area contributed by atoms with Gasteiger partial charge in [0.05, 0.1) is 5.54 Å². The number of fused-ring (bicyclic) bond motifs is 6. The molecule has 0 spiro atoms. The summed E-state index contributed by atoms with van der Waals surface area (Å²) in [4.78, 5) is 17.3. The summed E-state index contributed by atoms with van der Waals surface area (Å²) in [6.07, 6.45) is 5.72. The van der Waals surface area contributed by atoms with Gasteiger partial charge in [-0.25, -0.2) is 0 Å². The summed E-state index contributed by atoms with van der Waals surface area (Å²) in [6.45, 7) is 6.58. The van der Waals surface area contributed by atoms with Gasteiger partial charge in [-0.2, -0.15) is 0 Å². The highest BCUT2D eigenvalue weighted by atomic mass is 35.5. The fourth-order valence-corrected chi connectivity index (χ4v) is 5.62. The molecular formula is C31H25ClN2O2. The molecular weight excluding hydrogens is 468 g/mol. The first-order valence-electron chi connectivity index (χ1n) is 12.0. The molecule has 4 nitrogen and oxygen atoms in total. The number of ether oxygens (including phenoxy) is 1. The van der Waals surface area contributed by atoms with Crippen LogP contribution < -0.4 is 10.5 Å². The molecule has 36 heavy (non-hydrogen) atoms. The Labute approximate surface area is 215 Å². The molecule has 1 aliphatic carbocycles. The average molecular weight is 493 g/mol. The number of benzene rings is 3. The fraction of sp³-hybridized carbons (Fsp3) is 0.161. The minimum atomic E-state index is -1.04. The van der Waals surface area contributed by atoms with Gasteiger partial charge in [-0.15, -0.1) is 0 Å². The maximum Gasteiger partial charge on any atom is 0.156 e. The minimum absolute atomic E-state index is 0.0729. The molecule has 2 heterocycles. The lowest BCUT2D eigenvalue weighted by Crippen LogP contribution is -2.40. The summed E-state index contributed by atoms with van der Waals surface area (Å²) in [5.74, 6) is 0.878. The number of carbonyl (C=O) groups excluding carboxylic acids is 1. The van der Waals surface area contributed by atoms with Crippen molar-refractivity contribution in [1.82, 2.24) is 0 Å². The van der Waals surface area contributed by atoms with Gasteiger partial charge in [-0.05, 0) is 81.3 Å². The van der Waals surface area contributed by atoms with Crippen LogP contribution in [0.4, 0.5) is 0 Å². The number of nitrogens with two attached hydrogens (primary N) is 1. The quantitative estimate of drug-likeness (QED) is 0.423. The Bertz CT molecular complexity index is 1550. The molecule has 2 atom stereocenters. The normalized spacial score (nSPS) is 22.5. The third kappa shape index (κ3) is 3.57. The van der Waals surface area contributed by atoms with E-state index in [2.05, 4.69) is 36.7 Å². The zero-order valence-corrected chi connectivity index (χ0v) is 20.7. The second-order valence-corrected chi connectivity index (χ2v) is 10.1. The van der Waals surface area contributed by atoms with E-state index in [-0.39, 0.29) is 18.3 Å². The molecule has 3 aliphatic rings. The molecule has 0 fully saturated rings. The lowest BCUT2D eigenvalue weighted by molar-refractivity contribution is -0.114. The van der Waals surface area contributed by atoms with Crippen molar-refractivity contribution in [2.45, 2.75) is 31.4 Å². The zero-order valence-electron chi connectivity index (χ0n) is 19.9. The van der Waals surface area contributed by atoms with Crippen molar-refractivity contribution >= 4 is 29.2 Å². The van der Waals surface area contributed by atoms with Gasteiger partial charge in [0, 0.05) is 35.0 Å². The molecule has 0 aromatic heterocycles. The fourth-order valence-electron chi connectivity index (χ4n) is 5.44. The summed E-state index contributed by atoms with van der Waals surface area (Å²) < 4.78 is 6.18. The molecule has 3 aromatic rings. The monoisotopic (exact) mass is 492 g/mol. The Balaban J connectivity index is 1.70. The van der Waals surface area contributed by atoms with Crippen molar-refractivity contribution in [2.75, 3.05) is 0 Å². The first kappa shape index (κ1) is 22.7. The number of hydrogen-bond acceptors (Lipinski definition) is 4. The van der Waals surface area contributed by atoms with Gasteiger partial charge in [0.25, 0.3) is 0 Å². The van der Waals surface area contributed by atoms with Crippen LogP contribution in [-0.4, -0.2) is 12.0 Å². The Morgan fingerprint density at radius 3 is 2.72 bits per heavy atom. The van der Waals surface area contributed by atoms with Crippen LogP contribution in [0.2, 0.25) is 5.02 Å². The van der Waals surface area contributed by atoms with Crippen LogP contribution in [-0.2, 0) is 16.9 Å². The van der Waals surface area contributed by atoms with Crippen molar-refractivity contribution in [2.24, 2.45) is 10.7 Å². The highest BCUT2D eigenvalue weighted by molar-refractivity contribution is 6.31. The number of carbonyl (C=O) groups is 1. The van der Waals surface area contributed by atoms with Crippen molar-refractivity contribution in [3.63, 3.8) is 0 Å². The topological polar surface area (TPSA) is 64.7 Å². The number of rotatable bonds is 1. The number of aliphatic imine (C=N–C) groups is 1. The first-order chi connectivity index (χ1) is 17.3. The van der Waals surface area contributed by atoms with Crippen LogP contribution in [0.5, 0.6) is 5.75 Å². The van der Waals surface area contributed by atoms with E-state index in [0.717, 1.165) is 50.1 Å². The molecule has 0 amide bonds. The van der Waals surface area contributed by atoms with Gasteiger partial charge in [-0.1, -0.05) is 55.4 Å². The van der Waals surface area contributed by atoms with Crippen LogP contribution in [0.1, 0.15) is 52.6 Å². The van der Waals surface area contributed by atoms with E-state index in [1.165, 1.54) is 0 Å². The van der Waals surface area contributed by atoms with Crippen molar-refractivity contribution in [3.05, 3.63) is 129 Å². The van der Waals surface area contributed by atoms with Crippen molar-refractivity contribution in [3.8, 4) is 5.75 Å². The van der Waals surface area contributed by atoms with Gasteiger partial charge in [0.2, 0.25) is 0 Å². The summed E-state index contributed by atoms with van der Waals surface area (Å²) in [5, 5.41) is 0.605. The van der Waals surface area contributed by atoms with E-state index in [0.29, 0.717) is 17.2 Å². The van der Waals surface area contributed by atoms with Gasteiger partial charge < -0.3 is 10.5 Å². The predicted molar refractivity (Wildman–Crippen MR) is 144 cm³/mol. The lowest BCUT2D eigenvalue weighted by Gasteiger charge is -2.34. The second-order valence-electron chi connectivity index (χ2n) is 9.71. The van der Waals surface area contributed by atoms with Crippen molar-refractivity contribution in [1.29, 1.82) is 0 Å². The first-order valence-corrected chi connectivity index (χ1v) is 12.4. The standard InChI is InChI=1S/C31H25ClN2O2/c1-18-10-24(35)14-27-20-4-3-5-25(12-20)36-17-21-11-22(7-9-30(21)32)31(33,29-16-34-15-19(29)2)23-6-8-26(18)28(27)13-23/h3-9,11-16,18H,2,10,17,33H2,1H3/t18?,31-/m1/s1.